The third-order valence-corrected chi connectivity index (χ3v) is 6.25. The Labute approximate surface area is 91.4 Å². The maximum absolute atomic E-state index is 3.74. The van der Waals surface area contributed by atoms with E-state index in [1.165, 1.54) is 51.5 Å². The largest absolute Gasteiger partial charge is 0.311 e. The molecular formula is C12H21NS. The van der Waals surface area contributed by atoms with Gasteiger partial charge in [0.25, 0.3) is 0 Å². The van der Waals surface area contributed by atoms with Crippen LogP contribution in [0.4, 0.5) is 0 Å². The molecule has 1 N–H and O–H groups in total. The minimum absolute atomic E-state index is 0.662. The molecule has 1 spiro atoms. The lowest BCUT2D eigenvalue weighted by atomic mass is 9.62. The molecule has 0 amide bonds. The molecule has 1 nitrogen and oxygen atoms in total. The first-order chi connectivity index (χ1) is 6.81. The van der Waals surface area contributed by atoms with Crippen LogP contribution in [-0.4, -0.2) is 23.6 Å². The van der Waals surface area contributed by atoms with E-state index in [2.05, 4.69) is 23.3 Å². The van der Waals surface area contributed by atoms with Crippen molar-refractivity contribution in [2.45, 2.75) is 55.7 Å². The summed E-state index contributed by atoms with van der Waals surface area (Å²) < 4.78 is 0.662. The van der Waals surface area contributed by atoms with Gasteiger partial charge < -0.3 is 5.32 Å². The van der Waals surface area contributed by atoms with Gasteiger partial charge in [-0.1, -0.05) is 19.3 Å². The van der Waals surface area contributed by atoms with Gasteiger partial charge in [0.05, 0.1) is 0 Å². The third-order valence-electron chi connectivity index (χ3n) is 4.80. The molecule has 1 heterocycles. The van der Waals surface area contributed by atoms with Gasteiger partial charge in [-0.05, 0) is 37.4 Å². The first kappa shape index (κ1) is 9.53. The van der Waals surface area contributed by atoms with Crippen molar-refractivity contribution in [1.29, 1.82) is 0 Å². The molecule has 0 aromatic heterocycles. The first-order valence-corrected chi connectivity index (χ1v) is 7.32. The Balaban J connectivity index is 1.75. The van der Waals surface area contributed by atoms with E-state index in [0.717, 1.165) is 11.5 Å². The molecule has 3 rings (SSSR count). The fraction of sp³-hybridized carbons (Fsp3) is 1.00. The van der Waals surface area contributed by atoms with E-state index in [1.54, 1.807) is 0 Å². The van der Waals surface area contributed by atoms with E-state index in [0.29, 0.717) is 4.75 Å². The van der Waals surface area contributed by atoms with E-state index in [4.69, 9.17) is 0 Å². The molecule has 2 heteroatoms. The SMILES string of the molecule is CSC1(C2NCC23CCCCC3)CC1. The Hall–Kier alpha value is 0.310. The van der Waals surface area contributed by atoms with Gasteiger partial charge in [0.15, 0.2) is 0 Å². The predicted molar refractivity (Wildman–Crippen MR) is 62.8 cm³/mol. The molecule has 0 aromatic rings. The summed E-state index contributed by atoms with van der Waals surface area (Å²) in [6, 6.07) is 0.866. The summed E-state index contributed by atoms with van der Waals surface area (Å²) in [6.45, 7) is 1.32. The van der Waals surface area contributed by atoms with Gasteiger partial charge in [-0.2, -0.15) is 11.8 Å². The highest BCUT2D eigenvalue weighted by atomic mass is 32.2. The van der Waals surface area contributed by atoms with Gasteiger partial charge in [0.1, 0.15) is 0 Å². The summed E-state index contributed by atoms with van der Waals surface area (Å²) in [5.74, 6) is 0. The van der Waals surface area contributed by atoms with Crippen LogP contribution in [0.15, 0.2) is 0 Å². The standard InChI is InChI=1S/C12H21NS/c1-14-12(7-8-12)10-11(9-13-10)5-3-2-4-6-11/h10,13H,2-9H2,1H3. The van der Waals surface area contributed by atoms with Gasteiger partial charge in [0.2, 0.25) is 0 Å². The van der Waals surface area contributed by atoms with Crippen LogP contribution in [0.2, 0.25) is 0 Å². The van der Waals surface area contributed by atoms with Crippen molar-refractivity contribution in [2.24, 2.45) is 5.41 Å². The molecule has 1 unspecified atom stereocenters. The van der Waals surface area contributed by atoms with Gasteiger partial charge in [0, 0.05) is 17.3 Å². The molecule has 0 bridgehead atoms. The summed E-state index contributed by atoms with van der Waals surface area (Å²) in [6.07, 6.45) is 12.7. The van der Waals surface area contributed by atoms with Crippen LogP contribution >= 0.6 is 11.8 Å². The van der Waals surface area contributed by atoms with Crippen molar-refractivity contribution >= 4 is 11.8 Å². The molecule has 3 fully saturated rings. The fourth-order valence-corrected chi connectivity index (χ4v) is 4.77. The Morgan fingerprint density at radius 2 is 1.79 bits per heavy atom. The Bertz CT molecular complexity index is 228. The smallest absolute Gasteiger partial charge is 0.0317 e. The summed E-state index contributed by atoms with van der Waals surface area (Å²) in [4.78, 5) is 0. The molecule has 80 valence electrons. The van der Waals surface area contributed by atoms with Crippen molar-refractivity contribution in [1.82, 2.24) is 5.32 Å². The van der Waals surface area contributed by atoms with E-state index in [1.807, 2.05) is 0 Å². The molecule has 1 atom stereocenters. The van der Waals surface area contributed by atoms with E-state index in [9.17, 15) is 0 Å². The Morgan fingerprint density at radius 1 is 1.07 bits per heavy atom. The second-order valence-corrected chi connectivity index (χ2v) is 6.73. The van der Waals surface area contributed by atoms with Crippen molar-refractivity contribution in [3.63, 3.8) is 0 Å². The summed E-state index contributed by atoms with van der Waals surface area (Å²) >= 11 is 2.13. The van der Waals surface area contributed by atoms with E-state index in [-0.39, 0.29) is 0 Å². The van der Waals surface area contributed by atoms with Gasteiger partial charge in [-0.15, -0.1) is 0 Å². The molecule has 1 saturated heterocycles. The van der Waals surface area contributed by atoms with Gasteiger partial charge >= 0.3 is 0 Å². The second kappa shape index (κ2) is 3.15. The average molecular weight is 211 g/mol. The lowest BCUT2D eigenvalue weighted by Crippen LogP contribution is -2.67. The zero-order valence-corrected chi connectivity index (χ0v) is 9.96. The number of nitrogens with one attached hydrogen (secondary N) is 1. The van der Waals surface area contributed by atoms with Crippen LogP contribution in [0.5, 0.6) is 0 Å². The van der Waals surface area contributed by atoms with E-state index >= 15 is 0 Å². The summed E-state index contributed by atoms with van der Waals surface area (Å²) in [5.41, 5.74) is 0.734. The monoisotopic (exact) mass is 211 g/mol. The maximum atomic E-state index is 3.74. The van der Waals surface area contributed by atoms with Crippen LogP contribution in [0.1, 0.15) is 44.9 Å². The van der Waals surface area contributed by atoms with Crippen molar-refractivity contribution in [2.75, 3.05) is 12.8 Å². The maximum Gasteiger partial charge on any atom is 0.0317 e. The molecule has 2 saturated carbocycles. The molecule has 3 aliphatic rings. The molecule has 2 aliphatic carbocycles. The van der Waals surface area contributed by atoms with E-state index < -0.39 is 0 Å². The zero-order chi connectivity index (χ0) is 9.65. The second-order valence-electron chi connectivity index (χ2n) is 5.51. The highest BCUT2D eigenvalue weighted by Gasteiger charge is 2.61. The lowest BCUT2D eigenvalue weighted by Gasteiger charge is -2.56. The van der Waals surface area contributed by atoms with Crippen LogP contribution in [0.25, 0.3) is 0 Å². The highest BCUT2D eigenvalue weighted by Crippen LogP contribution is 2.59. The molecule has 0 aromatic carbocycles. The van der Waals surface area contributed by atoms with Crippen molar-refractivity contribution in [3.8, 4) is 0 Å². The predicted octanol–water partition coefficient (Wildman–Crippen LogP) is 2.80. The number of hydrogen-bond donors (Lipinski definition) is 1. The van der Waals surface area contributed by atoms with Crippen LogP contribution in [-0.2, 0) is 0 Å². The van der Waals surface area contributed by atoms with Crippen LogP contribution < -0.4 is 5.32 Å². The number of thioether (sulfide) groups is 1. The highest BCUT2D eigenvalue weighted by molar-refractivity contribution is 8.00. The normalized spacial score (nSPS) is 37.9. The Morgan fingerprint density at radius 3 is 2.21 bits per heavy atom. The van der Waals surface area contributed by atoms with Gasteiger partial charge in [-0.25, -0.2) is 0 Å². The Kier molecular flexibility index (Phi) is 2.14. The van der Waals surface area contributed by atoms with Gasteiger partial charge in [-0.3, -0.25) is 0 Å². The minimum Gasteiger partial charge on any atom is -0.311 e. The van der Waals surface area contributed by atoms with Crippen molar-refractivity contribution in [3.05, 3.63) is 0 Å². The quantitative estimate of drug-likeness (QED) is 0.754. The topological polar surface area (TPSA) is 12.0 Å². The molecule has 1 aliphatic heterocycles. The summed E-state index contributed by atoms with van der Waals surface area (Å²) in [7, 11) is 0. The first-order valence-electron chi connectivity index (χ1n) is 6.10. The molecule has 14 heavy (non-hydrogen) atoms. The fourth-order valence-electron chi connectivity index (χ4n) is 3.69. The lowest BCUT2D eigenvalue weighted by molar-refractivity contribution is 0.0316. The van der Waals surface area contributed by atoms with Crippen LogP contribution in [0, 0.1) is 5.41 Å². The average Bonchev–Trinajstić information content (AvgIpc) is 2.99. The van der Waals surface area contributed by atoms with Crippen LogP contribution in [0.3, 0.4) is 0 Å². The number of rotatable bonds is 2. The molecular weight excluding hydrogens is 190 g/mol. The van der Waals surface area contributed by atoms with Crippen molar-refractivity contribution < 1.29 is 0 Å². The minimum atomic E-state index is 0.662. The zero-order valence-electron chi connectivity index (χ0n) is 9.14. The molecule has 0 radical (unpaired) electrons. The number of hydrogen-bond acceptors (Lipinski definition) is 2. The summed E-state index contributed by atoms with van der Waals surface area (Å²) in [5, 5.41) is 3.74. The third kappa shape index (κ3) is 1.19.